The Morgan fingerprint density at radius 2 is 1.88 bits per heavy atom. The molecule has 0 saturated heterocycles. The summed E-state index contributed by atoms with van der Waals surface area (Å²) in [5.41, 5.74) is 3.50. The first kappa shape index (κ1) is 18.1. The Morgan fingerprint density at radius 1 is 1.08 bits per heavy atom. The number of hydrogen-bond donors (Lipinski definition) is 3. The second kappa shape index (κ2) is 8.10. The Bertz CT molecular complexity index is 890. The van der Waals surface area contributed by atoms with Crippen molar-refractivity contribution in [3.8, 4) is 0 Å². The van der Waals surface area contributed by atoms with Crippen LogP contribution in [0, 0.1) is 0 Å². The van der Waals surface area contributed by atoms with Crippen LogP contribution in [0.3, 0.4) is 0 Å². The Labute approximate surface area is 169 Å². The van der Waals surface area contributed by atoms with Crippen LogP contribution in [0.5, 0.6) is 0 Å². The molecule has 1 aliphatic heterocycles. The van der Waals surface area contributed by atoms with Gasteiger partial charge in [0.05, 0.1) is 6.54 Å². The van der Waals surface area contributed by atoms with Gasteiger partial charge in [0.25, 0.3) is 0 Å². The third-order valence-electron chi connectivity index (χ3n) is 4.43. The highest BCUT2D eigenvalue weighted by Gasteiger charge is 2.21. The van der Waals surface area contributed by atoms with E-state index >= 15 is 0 Å². The number of nitrogens with one attached hydrogen (secondary N) is 3. The summed E-state index contributed by atoms with van der Waals surface area (Å²) in [5, 5.41) is 8.70. The van der Waals surface area contributed by atoms with Crippen LogP contribution in [0.1, 0.15) is 17.0 Å². The van der Waals surface area contributed by atoms with Gasteiger partial charge in [-0.15, -0.1) is 24.0 Å². The van der Waals surface area contributed by atoms with Crippen molar-refractivity contribution >= 4 is 52.4 Å². The molecule has 0 aliphatic carbocycles. The van der Waals surface area contributed by atoms with Gasteiger partial charge in [0.2, 0.25) is 0 Å². The number of aromatic amines is 1. The smallest absolute Gasteiger partial charge is 0.191 e. The monoisotopic (exact) mass is 466 g/mol. The Morgan fingerprint density at radius 3 is 2.68 bits per heavy atom. The maximum atomic E-state index is 6.50. The lowest BCUT2D eigenvalue weighted by atomic mass is 9.91. The molecule has 1 atom stereocenters. The average Bonchev–Trinajstić information content (AvgIpc) is 3.27. The number of aliphatic imine (C=N–C) groups is 1. The van der Waals surface area contributed by atoms with Gasteiger partial charge in [-0.25, -0.2) is 0 Å². The zero-order chi connectivity index (χ0) is 16.4. The van der Waals surface area contributed by atoms with Gasteiger partial charge >= 0.3 is 0 Å². The van der Waals surface area contributed by atoms with Crippen LogP contribution in [0.25, 0.3) is 10.9 Å². The van der Waals surface area contributed by atoms with Gasteiger partial charge in [0.15, 0.2) is 5.96 Å². The fourth-order valence-electron chi connectivity index (χ4n) is 3.24. The molecule has 6 heteroatoms. The van der Waals surface area contributed by atoms with Crippen molar-refractivity contribution in [2.75, 3.05) is 19.6 Å². The summed E-state index contributed by atoms with van der Waals surface area (Å²) >= 11 is 6.50. The Kier molecular flexibility index (Phi) is 5.86. The largest absolute Gasteiger partial charge is 0.361 e. The van der Waals surface area contributed by atoms with Crippen molar-refractivity contribution in [1.29, 1.82) is 0 Å². The lowest BCUT2D eigenvalue weighted by Crippen LogP contribution is -2.36. The number of aromatic nitrogens is 1. The van der Waals surface area contributed by atoms with E-state index in [1.165, 1.54) is 10.9 Å². The topological polar surface area (TPSA) is 52.2 Å². The van der Waals surface area contributed by atoms with Crippen LogP contribution in [0.4, 0.5) is 0 Å². The molecule has 1 aromatic heterocycles. The SMILES string of the molecule is Clc1ccccc1C(CNC1=NCCN1)c1c[nH]c2ccccc12.I. The molecule has 0 radical (unpaired) electrons. The number of guanidine groups is 1. The second-order valence-electron chi connectivity index (χ2n) is 5.90. The number of rotatable bonds is 4. The molecule has 0 spiro atoms. The van der Waals surface area contributed by atoms with E-state index in [9.17, 15) is 0 Å². The summed E-state index contributed by atoms with van der Waals surface area (Å²) in [6.45, 7) is 2.45. The Hall–Kier alpha value is -1.73. The summed E-state index contributed by atoms with van der Waals surface area (Å²) in [5.74, 6) is 1.01. The molecule has 4 rings (SSSR count). The fraction of sp³-hybridized carbons (Fsp3) is 0.211. The molecule has 2 aromatic carbocycles. The highest BCUT2D eigenvalue weighted by atomic mass is 127. The maximum Gasteiger partial charge on any atom is 0.191 e. The zero-order valence-corrected chi connectivity index (χ0v) is 16.7. The van der Waals surface area contributed by atoms with Crippen molar-refractivity contribution in [1.82, 2.24) is 15.6 Å². The molecular formula is C19H20ClIN4. The van der Waals surface area contributed by atoms with Crippen molar-refractivity contribution in [2.45, 2.75) is 5.92 Å². The van der Waals surface area contributed by atoms with E-state index in [1.807, 2.05) is 24.3 Å². The fourth-order valence-corrected chi connectivity index (χ4v) is 3.51. The molecule has 0 fully saturated rings. The first-order valence-electron chi connectivity index (χ1n) is 8.15. The zero-order valence-electron chi connectivity index (χ0n) is 13.6. The van der Waals surface area contributed by atoms with Gasteiger partial charge < -0.3 is 15.6 Å². The van der Waals surface area contributed by atoms with Gasteiger partial charge in [0, 0.05) is 41.1 Å². The van der Waals surface area contributed by atoms with Gasteiger partial charge in [0.1, 0.15) is 0 Å². The summed E-state index contributed by atoms with van der Waals surface area (Å²) in [6.07, 6.45) is 2.09. The first-order chi connectivity index (χ1) is 11.8. The summed E-state index contributed by atoms with van der Waals surface area (Å²) in [7, 11) is 0. The molecule has 0 bridgehead atoms. The maximum absolute atomic E-state index is 6.50. The van der Waals surface area contributed by atoms with E-state index in [1.54, 1.807) is 0 Å². The molecule has 25 heavy (non-hydrogen) atoms. The third-order valence-corrected chi connectivity index (χ3v) is 4.77. The van der Waals surface area contributed by atoms with Gasteiger partial charge in [-0.05, 0) is 23.3 Å². The lowest BCUT2D eigenvalue weighted by Gasteiger charge is -2.20. The molecule has 4 nitrogen and oxygen atoms in total. The summed E-state index contributed by atoms with van der Waals surface area (Å²) in [6, 6.07) is 16.4. The van der Waals surface area contributed by atoms with E-state index in [0.29, 0.717) is 0 Å². The highest BCUT2D eigenvalue weighted by molar-refractivity contribution is 14.0. The molecule has 1 unspecified atom stereocenters. The number of benzene rings is 2. The van der Waals surface area contributed by atoms with Crippen molar-refractivity contribution in [3.63, 3.8) is 0 Å². The van der Waals surface area contributed by atoms with Crippen molar-refractivity contribution in [2.24, 2.45) is 4.99 Å². The number of hydrogen-bond acceptors (Lipinski definition) is 3. The van der Waals surface area contributed by atoms with Crippen molar-refractivity contribution in [3.05, 3.63) is 70.9 Å². The van der Waals surface area contributed by atoms with Gasteiger partial charge in [-0.2, -0.15) is 0 Å². The highest BCUT2D eigenvalue weighted by Crippen LogP contribution is 2.33. The molecule has 3 N–H and O–H groups in total. The lowest BCUT2D eigenvalue weighted by molar-refractivity contribution is 0.749. The van der Waals surface area contributed by atoms with E-state index in [4.69, 9.17) is 11.6 Å². The number of nitrogens with zero attached hydrogens (tertiary/aromatic N) is 1. The molecule has 1 aliphatic rings. The second-order valence-corrected chi connectivity index (χ2v) is 6.31. The normalized spacial score (nSPS) is 14.5. The minimum absolute atomic E-state index is 0. The number of para-hydroxylation sites is 1. The quantitative estimate of drug-likeness (QED) is 0.507. The molecule has 0 saturated carbocycles. The third kappa shape index (κ3) is 3.77. The summed E-state index contributed by atoms with van der Waals surface area (Å²) in [4.78, 5) is 7.79. The predicted octanol–water partition coefficient (Wildman–Crippen LogP) is 4.12. The predicted molar refractivity (Wildman–Crippen MR) is 115 cm³/mol. The minimum Gasteiger partial charge on any atom is -0.361 e. The van der Waals surface area contributed by atoms with Crippen molar-refractivity contribution < 1.29 is 0 Å². The van der Waals surface area contributed by atoms with Crippen LogP contribution in [-0.2, 0) is 0 Å². The molecule has 3 aromatic rings. The van der Waals surface area contributed by atoms with E-state index in [2.05, 4.69) is 51.1 Å². The molecule has 2 heterocycles. The molecule has 130 valence electrons. The van der Waals surface area contributed by atoms with Crippen LogP contribution in [0.2, 0.25) is 5.02 Å². The number of halogens is 2. The molecule has 0 amide bonds. The Balaban J connectivity index is 0.00000182. The van der Waals surface area contributed by atoms with Crippen LogP contribution < -0.4 is 10.6 Å². The van der Waals surface area contributed by atoms with E-state index in [0.717, 1.165) is 41.7 Å². The number of fused-ring (bicyclic) bond motifs is 1. The summed E-state index contributed by atoms with van der Waals surface area (Å²) < 4.78 is 0. The first-order valence-corrected chi connectivity index (χ1v) is 8.53. The van der Waals surface area contributed by atoms with Crippen LogP contribution in [0.15, 0.2) is 59.7 Å². The van der Waals surface area contributed by atoms with E-state index in [-0.39, 0.29) is 29.9 Å². The average molecular weight is 467 g/mol. The molecular weight excluding hydrogens is 447 g/mol. The van der Waals surface area contributed by atoms with Gasteiger partial charge in [-0.3, -0.25) is 4.99 Å². The van der Waals surface area contributed by atoms with Crippen LogP contribution >= 0.6 is 35.6 Å². The number of H-pyrrole nitrogens is 1. The van der Waals surface area contributed by atoms with E-state index < -0.39 is 0 Å². The van der Waals surface area contributed by atoms with Gasteiger partial charge in [-0.1, -0.05) is 48.0 Å². The van der Waals surface area contributed by atoms with Crippen LogP contribution in [-0.4, -0.2) is 30.6 Å². The minimum atomic E-state index is 0. The standard InChI is InChI=1S/C19H19ClN4.HI/c20-17-7-3-1-5-13(17)15(12-24-19-21-9-10-22-19)16-11-23-18-8-4-2-6-14(16)18;/h1-8,11,15,23H,9-10,12H2,(H2,21,22,24);1H.